The second-order valence-corrected chi connectivity index (χ2v) is 9.68. The van der Waals surface area contributed by atoms with Gasteiger partial charge in [0.05, 0.1) is 6.61 Å². The molecule has 0 amide bonds. The molecule has 160 valence electrons. The van der Waals surface area contributed by atoms with Crippen molar-refractivity contribution in [2.24, 2.45) is 0 Å². The van der Waals surface area contributed by atoms with Gasteiger partial charge in [0.25, 0.3) is 5.09 Å². The van der Waals surface area contributed by atoms with Gasteiger partial charge in [-0.15, -0.1) is 10.1 Å². The van der Waals surface area contributed by atoms with Crippen LogP contribution in [0.25, 0.3) is 0 Å². The molecule has 0 unspecified atom stereocenters. The van der Waals surface area contributed by atoms with Crippen LogP contribution in [0.3, 0.4) is 0 Å². The van der Waals surface area contributed by atoms with Gasteiger partial charge in [0.1, 0.15) is 17.0 Å². The second-order valence-electron chi connectivity index (χ2n) is 9.68. The lowest BCUT2D eigenvalue weighted by Crippen LogP contribution is -2.60. The molecule has 6 heteroatoms. The van der Waals surface area contributed by atoms with Crippen LogP contribution in [0, 0.1) is 10.1 Å². The Bertz CT molecular complexity index is 813. The Morgan fingerprint density at radius 3 is 2.76 bits per heavy atom. The summed E-state index contributed by atoms with van der Waals surface area (Å²) in [7, 11) is 0. The van der Waals surface area contributed by atoms with E-state index in [0.717, 1.165) is 30.6 Å². The Hall–Kier alpha value is -2.08. The van der Waals surface area contributed by atoms with Gasteiger partial charge < -0.3 is 14.7 Å². The van der Waals surface area contributed by atoms with Crippen LogP contribution in [0.4, 0.5) is 0 Å². The SMILES string of the molecule is CC1=C[C@@H]2c3ccc(C(C)(C)CCCCO[N+](=O)[O-])cc3OC(C)(C)[C@@]2(O)CC1. The summed E-state index contributed by atoms with van der Waals surface area (Å²) in [6.45, 7) is 10.6. The monoisotopic (exact) mass is 403 g/mol. The van der Waals surface area contributed by atoms with Crippen LogP contribution in [0.1, 0.15) is 83.8 Å². The van der Waals surface area contributed by atoms with Crippen LogP contribution in [0.5, 0.6) is 5.75 Å². The number of nitrogens with zero attached hydrogens (tertiary/aromatic N) is 1. The standard InChI is InChI=1S/C23H33NO5/c1-16-10-12-23(25)19(14-16)18-9-8-17(15-20(18)29-22(23,4)5)21(2,3)11-6-7-13-28-24(26)27/h8-9,14-15,19,25H,6-7,10-13H2,1-5H3/t19-,23-/m1/s1. The van der Waals surface area contributed by atoms with Crippen molar-refractivity contribution in [1.82, 2.24) is 0 Å². The molecule has 6 nitrogen and oxygen atoms in total. The summed E-state index contributed by atoms with van der Waals surface area (Å²) >= 11 is 0. The topological polar surface area (TPSA) is 81.8 Å². The van der Waals surface area contributed by atoms with Gasteiger partial charge in [-0.1, -0.05) is 44.1 Å². The van der Waals surface area contributed by atoms with E-state index in [0.29, 0.717) is 12.8 Å². The molecule has 1 heterocycles. The molecular weight excluding hydrogens is 370 g/mol. The number of hydrogen-bond donors (Lipinski definition) is 1. The van der Waals surface area contributed by atoms with Crippen LogP contribution in [0.2, 0.25) is 0 Å². The predicted molar refractivity (Wildman–Crippen MR) is 112 cm³/mol. The summed E-state index contributed by atoms with van der Waals surface area (Å²) in [5, 5.41) is 21.0. The Labute approximate surface area is 173 Å². The van der Waals surface area contributed by atoms with Crippen molar-refractivity contribution in [2.45, 2.75) is 89.3 Å². The summed E-state index contributed by atoms with van der Waals surface area (Å²) < 4.78 is 6.36. The van der Waals surface area contributed by atoms with Gasteiger partial charge in [0, 0.05) is 11.5 Å². The number of allylic oxidation sites excluding steroid dienone is 1. The van der Waals surface area contributed by atoms with Crippen molar-refractivity contribution in [3.63, 3.8) is 0 Å². The fraction of sp³-hybridized carbons (Fsp3) is 0.652. The van der Waals surface area contributed by atoms with Crippen molar-refractivity contribution in [3.05, 3.63) is 51.1 Å². The number of benzene rings is 1. The summed E-state index contributed by atoms with van der Waals surface area (Å²) in [4.78, 5) is 14.7. The quantitative estimate of drug-likeness (QED) is 0.297. The van der Waals surface area contributed by atoms with E-state index < -0.39 is 16.3 Å². The van der Waals surface area contributed by atoms with Crippen molar-refractivity contribution in [2.75, 3.05) is 6.61 Å². The van der Waals surface area contributed by atoms with E-state index in [2.05, 4.69) is 49.9 Å². The van der Waals surface area contributed by atoms with E-state index in [9.17, 15) is 15.2 Å². The molecule has 1 aromatic rings. The molecule has 3 rings (SSSR count). The lowest BCUT2D eigenvalue weighted by molar-refractivity contribution is -0.757. The van der Waals surface area contributed by atoms with E-state index in [-0.39, 0.29) is 17.9 Å². The first-order chi connectivity index (χ1) is 13.5. The molecule has 2 aliphatic rings. The largest absolute Gasteiger partial charge is 0.485 e. The molecule has 0 saturated carbocycles. The molecule has 1 aromatic carbocycles. The molecule has 0 aromatic heterocycles. The number of hydrogen-bond acceptors (Lipinski definition) is 5. The molecule has 0 bridgehead atoms. The third kappa shape index (κ3) is 4.13. The number of fused-ring (bicyclic) bond motifs is 3. The molecule has 0 saturated heterocycles. The van der Waals surface area contributed by atoms with Crippen molar-refractivity contribution >= 4 is 0 Å². The van der Waals surface area contributed by atoms with Gasteiger partial charge in [-0.05, 0) is 63.5 Å². The zero-order valence-electron chi connectivity index (χ0n) is 18.2. The normalized spacial score (nSPS) is 25.3. The highest BCUT2D eigenvalue weighted by atomic mass is 16.9. The van der Waals surface area contributed by atoms with Crippen molar-refractivity contribution in [1.29, 1.82) is 0 Å². The first-order valence-corrected chi connectivity index (χ1v) is 10.5. The van der Waals surface area contributed by atoms with Gasteiger partial charge in [0.2, 0.25) is 0 Å². The lowest BCUT2D eigenvalue weighted by Gasteiger charge is -2.52. The minimum atomic E-state index is -0.909. The number of unbranched alkanes of at least 4 members (excludes halogenated alkanes) is 1. The number of ether oxygens (including phenoxy) is 1. The average molecular weight is 404 g/mol. The summed E-state index contributed by atoms with van der Waals surface area (Å²) in [6.07, 6.45) is 6.17. The van der Waals surface area contributed by atoms with Crippen LogP contribution in [-0.4, -0.2) is 28.0 Å². The molecule has 2 atom stereocenters. The minimum Gasteiger partial charge on any atom is -0.485 e. The van der Waals surface area contributed by atoms with Gasteiger partial charge in [0.15, 0.2) is 0 Å². The molecule has 29 heavy (non-hydrogen) atoms. The Kier molecular flexibility index (Phi) is 5.69. The molecule has 1 aliphatic carbocycles. The zero-order chi connectivity index (χ0) is 21.4. The highest BCUT2D eigenvalue weighted by Gasteiger charge is 2.55. The molecular formula is C23H33NO5. The maximum Gasteiger partial charge on any atom is 0.294 e. The average Bonchev–Trinajstić information content (AvgIpc) is 2.62. The van der Waals surface area contributed by atoms with Crippen LogP contribution in [-0.2, 0) is 10.3 Å². The third-order valence-electron chi connectivity index (χ3n) is 6.80. The molecule has 0 fully saturated rings. The fourth-order valence-corrected chi connectivity index (χ4v) is 4.69. The van der Waals surface area contributed by atoms with Gasteiger partial charge in [-0.2, -0.15) is 0 Å². The molecule has 0 spiro atoms. The maximum atomic E-state index is 11.5. The maximum absolute atomic E-state index is 11.5. The van der Waals surface area contributed by atoms with E-state index in [4.69, 9.17) is 4.74 Å². The summed E-state index contributed by atoms with van der Waals surface area (Å²) in [5.74, 6) is 0.782. The number of aliphatic hydroxyl groups is 1. The van der Waals surface area contributed by atoms with E-state index >= 15 is 0 Å². The van der Waals surface area contributed by atoms with Crippen molar-refractivity contribution < 1.29 is 19.8 Å². The van der Waals surface area contributed by atoms with Crippen LogP contribution in [0.15, 0.2) is 29.8 Å². The second kappa shape index (κ2) is 7.63. The zero-order valence-corrected chi connectivity index (χ0v) is 18.2. The lowest BCUT2D eigenvalue weighted by atomic mass is 9.64. The van der Waals surface area contributed by atoms with E-state index in [1.807, 2.05) is 13.8 Å². The first kappa shape index (κ1) is 21.6. The minimum absolute atomic E-state index is 0.0635. The smallest absolute Gasteiger partial charge is 0.294 e. The summed E-state index contributed by atoms with van der Waals surface area (Å²) in [5.41, 5.74) is 1.85. The van der Waals surface area contributed by atoms with Crippen LogP contribution < -0.4 is 4.74 Å². The molecule has 1 N–H and O–H groups in total. The van der Waals surface area contributed by atoms with Gasteiger partial charge in [-0.3, -0.25) is 0 Å². The van der Waals surface area contributed by atoms with Crippen molar-refractivity contribution in [3.8, 4) is 5.75 Å². The van der Waals surface area contributed by atoms with E-state index in [1.54, 1.807) is 0 Å². The van der Waals surface area contributed by atoms with E-state index in [1.165, 1.54) is 11.1 Å². The van der Waals surface area contributed by atoms with Gasteiger partial charge >= 0.3 is 0 Å². The Morgan fingerprint density at radius 2 is 2.07 bits per heavy atom. The van der Waals surface area contributed by atoms with Crippen LogP contribution >= 0.6 is 0 Å². The molecule has 0 radical (unpaired) electrons. The Balaban J connectivity index is 1.82. The molecule has 1 aliphatic heterocycles. The highest BCUT2D eigenvalue weighted by Crippen LogP contribution is 2.53. The first-order valence-electron chi connectivity index (χ1n) is 10.5. The Morgan fingerprint density at radius 1 is 1.34 bits per heavy atom. The third-order valence-corrected chi connectivity index (χ3v) is 6.80. The summed E-state index contributed by atoms with van der Waals surface area (Å²) in [6, 6.07) is 6.34. The van der Waals surface area contributed by atoms with Gasteiger partial charge in [-0.25, -0.2) is 0 Å². The highest BCUT2D eigenvalue weighted by molar-refractivity contribution is 5.49. The number of rotatable bonds is 7. The fourth-order valence-electron chi connectivity index (χ4n) is 4.69. The predicted octanol–water partition coefficient (Wildman–Crippen LogP) is 5.07.